The summed E-state index contributed by atoms with van der Waals surface area (Å²) in [5.74, 6) is 0.290. The summed E-state index contributed by atoms with van der Waals surface area (Å²) in [4.78, 5) is 17.0. The molecular weight excluding hydrogens is 214 g/mol. The molecule has 0 bridgehead atoms. The molecule has 0 aromatic rings. The Morgan fingerprint density at radius 3 is 2.65 bits per heavy atom. The number of nitrogens with zero attached hydrogens (tertiary/aromatic N) is 2. The highest BCUT2D eigenvalue weighted by atomic mass is 16.2. The first kappa shape index (κ1) is 12.8. The van der Waals surface area contributed by atoms with Crippen molar-refractivity contribution in [3.8, 4) is 0 Å². The molecule has 4 heteroatoms. The summed E-state index contributed by atoms with van der Waals surface area (Å²) in [5.41, 5.74) is 5.83. The lowest BCUT2D eigenvalue weighted by Gasteiger charge is -2.34. The van der Waals surface area contributed by atoms with Gasteiger partial charge in [0.1, 0.15) is 0 Å². The van der Waals surface area contributed by atoms with Crippen molar-refractivity contribution >= 4 is 5.91 Å². The highest BCUT2D eigenvalue weighted by Gasteiger charge is 2.45. The van der Waals surface area contributed by atoms with Crippen LogP contribution in [0.3, 0.4) is 0 Å². The second-order valence-electron chi connectivity index (χ2n) is 5.87. The van der Waals surface area contributed by atoms with Crippen LogP contribution in [0.5, 0.6) is 0 Å². The van der Waals surface area contributed by atoms with Crippen molar-refractivity contribution in [3.63, 3.8) is 0 Å². The van der Waals surface area contributed by atoms with E-state index in [2.05, 4.69) is 18.9 Å². The van der Waals surface area contributed by atoms with Crippen LogP contribution in [0.2, 0.25) is 0 Å². The lowest BCUT2D eigenvalue weighted by atomic mass is 9.83. The number of hydrogen-bond acceptors (Lipinski definition) is 3. The van der Waals surface area contributed by atoms with Crippen LogP contribution in [-0.4, -0.2) is 55.0 Å². The zero-order chi connectivity index (χ0) is 12.5. The minimum absolute atomic E-state index is 0.0518. The summed E-state index contributed by atoms with van der Waals surface area (Å²) in [6, 6.07) is 0.0518. The third-order valence-electron chi connectivity index (χ3n) is 4.52. The smallest absolute Gasteiger partial charge is 0.230 e. The Labute approximate surface area is 104 Å². The summed E-state index contributed by atoms with van der Waals surface area (Å²) in [6.07, 6.45) is 4.13. The molecule has 0 spiro atoms. The van der Waals surface area contributed by atoms with Crippen LogP contribution in [0.1, 0.15) is 32.6 Å². The van der Waals surface area contributed by atoms with E-state index in [1.165, 1.54) is 0 Å². The van der Waals surface area contributed by atoms with E-state index in [9.17, 15) is 4.79 Å². The minimum atomic E-state index is -0.303. The fourth-order valence-corrected chi connectivity index (χ4v) is 3.07. The molecule has 2 aliphatic rings. The molecule has 2 rings (SSSR count). The van der Waals surface area contributed by atoms with E-state index in [1.807, 2.05) is 4.90 Å². The summed E-state index contributed by atoms with van der Waals surface area (Å²) < 4.78 is 0. The van der Waals surface area contributed by atoms with Gasteiger partial charge in [-0.15, -0.1) is 0 Å². The molecule has 0 aromatic carbocycles. The van der Waals surface area contributed by atoms with Gasteiger partial charge in [0.05, 0.1) is 5.41 Å². The Morgan fingerprint density at radius 1 is 1.24 bits per heavy atom. The third-order valence-corrected chi connectivity index (χ3v) is 4.52. The highest BCUT2D eigenvalue weighted by molar-refractivity contribution is 5.83. The molecule has 0 aromatic heterocycles. The first-order valence-electron chi connectivity index (χ1n) is 6.77. The van der Waals surface area contributed by atoms with Crippen LogP contribution in [-0.2, 0) is 4.79 Å². The van der Waals surface area contributed by atoms with Crippen molar-refractivity contribution in [1.29, 1.82) is 0 Å². The van der Waals surface area contributed by atoms with Gasteiger partial charge in [-0.1, -0.05) is 6.42 Å². The van der Waals surface area contributed by atoms with Crippen LogP contribution in [0.4, 0.5) is 0 Å². The predicted octanol–water partition coefficient (Wildman–Crippen LogP) is 0.668. The van der Waals surface area contributed by atoms with Crippen LogP contribution >= 0.6 is 0 Å². The minimum Gasteiger partial charge on any atom is -0.341 e. The zero-order valence-electron chi connectivity index (χ0n) is 11.1. The van der Waals surface area contributed by atoms with E-state index in [0.29, 0.717) is 0 Å². The van der Waals surface area contributed by atoms with Crippen molar-refractivity contribution in [2.45, 2.75) is 38.6 Å². The van der Waals surface area contributed by atoms with E-state index in [-0.39, 0.29) is 17.4 Å². The van der Waals surface area contributed by atoms with E-state index in [1.54, 1.807) is 0 Å². The molecule has 1 aliphatic heterocycles. The van der Waals surface area contributed by atoms with Crippen molar-refractivity contribution in [3.05, 3.63) is 0 Å². The number of rotatable bonds is 1. The Bertz CT molecular complexity index is 294. The molecule has 4 nitrogen and oxygen atoms in total. The van der Waals surface area contributed by atoms with Crippen LogP contribution in [0.15, 0.2) is 0 Å². The topological polar surface area (TPSA) is 49.6 Å². The van der Waals surface area contributed by atoms with Gasteiger partial charge in [0.2, 0.25) is 5.91 Å². The lowest BCUT2D eigenvalue weighted by Crippen LogP contribution is -2.50. The van der Waals surface area contributed by atoms with Gasteiger partial charge in [-0.25, -0.2) is 0 Å². The Kier molecular flexibility index (Phi) is 3.73. The standard InChI is InChI=1S/C13H25N3O/c1-13(6-3-5-11(13)14)12(17)16-8-4-7-15(2)9-10-16/h11H,3-10,14H2,1-2H3. The third kappa shape index (κ3) is 2.47. The molecule has 1 amide bonds. The van der Waals surface area contributed by atoms with E-state index in [0.717, 1.165) is 51.9 Å². The summed E-state index contributed by atoms with van der Waals surface area (Å²) in [5, 5.41) is 0. The predicted molar refractivity (Wildman–Crippen MR) is 68.6 cm³/mol. The zero-order valence-corrected chi connectivity index (χ0v) is 11.1. The Morgan fingerprint density at radius 2 is 2.00 bits per heavy atom. The second kappa shape index (κ2) is 4.94. The Balaban J connectivity index is 2.03. The van der Waals surface area contributed by atoms with Gasteiger partial charge in [0, 0.05) is 25.7 Å². The van der Waals surface area contributed by atoms with Gasteiger partial charge in [-0.2, -0.15) is 0 Å². The molecule has 2 atom stereocenters. The maximum absolute atomic E-state index is 12.6. The van der Waals surface area contributed by atoms with E-state index >= 15 is 0 Å². The number of carbonyl (C=O) groups is 1. The molecule has 2 N–H and O–H groups in total. The van der Waals surface area contributed by atoms with Crippen molar-refractivity contribution in [2.75, 3.05) is 33.2 Å². The molecule has 0 radical (unpaired) electrons. The molecule has 98 valence electrons. The van der Waals surface area contributed by atoms with Crippen molar-refractivity contribution < 1.29 is 4.79 Å². The fourth-order valence-electron chi connectivity index (χ4n) is 3.07. The molecule has 17 heavy (non-hydrogen) atoms. The number of hydrogen-bond donors (Lipinski definition) is 1. The largest absolute Gasteiger partial charge is 0.341 e. The van der Waals surface area contributed by atoms with Crippen LogP contribution in [0, 0.1) is 5.41 Å². The van der Waals surface area contributed by atoms with Gasteiger partial charge in [-0.05, 0) is 39.8 Å². The van der Waals surface area contributed by atoms with Gasteiger partial charge < -0.3 is 15.5 Å². The van der Waals surface area contributed by atoms with Gasteiger partial charge in [-0.3, -0.25) is 4.79 Å². The quantitative estimate of drug-likeness (QED) is 0.731. The molecule has 2 unspecified atom stereocenters. The number of likely N-dealkylation sites (N-methyl/N-ethyl adjacent to an activating group) is 1. The maximum Gasteiger partial charge on any atom is 0.230 e. The average molecular weight is 239 g/mol. The van der Waals surface area contributed by atoms with Crippen LogP contribution < -0.4 is 5.73 Å². The highest BCUT2D eigenvalue weighted by Crippen LogP contribution is 2.38. The van der Waals surface area contributed by atoms with Gasteiger partial charge in [0.15, 0.2) is 0 Å². The first-order chi connectivity index (χ1) is 8.04. The second-order valence-corrected chi connectivity index (χ2v) is 5.87. The number of carbonyl (C=O) groups excluding carboxylic acids is 1. The maximum atomic E-state index is 12.6. The SMILES string of the molecule is CN1CCCN(C(=O)C2(C)CCCC2N)CC1. The normalized spacial score (nSPS) is 35.9. The fraction of sp³-hybridized carbons (Fsp3) is 0.923. The molecule has 1 heterocycles. The number of nitrogens with two attached hydrogens (primary N) is 1. The monoisotopic (exact) mass is 239 g/mol. The molecule has 1 saturated carbocycles. The number of amides is 1. The van der Waals surface area contributed by atoms with Gasteiger partial charge in [0.25, 0.3) is 0 Å². The van der Waals surface area contributed by atoms with E-state index in [4.69, 9.17) is 5.73 Å². The Hall–Kier alpha value is -0.610. The molecule has 1 saturated heterocycles. The average Bonchev–Trinajstić information content (AvgIpc) is 2.52. The molecular formula is C13H25N3O. The summed E-state index contributed by atoms with van der Waals surface area (Å²) in [6.45, 7) is 5.88. The van der Waals surface area contributed by atoms with Crippen molar-refractivity contribution in [2.24, 2.45) is 11.1 Å². The summed E-state index contributed by atoms with van der Waals surface area (Å²) in [7, 11) is 2.12. The van der Waals surface area contributed by atoms with Crippen LogP contribution in [0.25, 0.3) is 0 Å². The van der Waals surface area contributed by atoms with Crippen molar-refractivity contribution in [1.82, 2.24) is 9.80 Å². The van der Waals surface area contributed by atoms with E-state index < -0.39 is 0 Å². The van der Waals surface area contributed by atoms with Gasteiger partial charge >= 0.3 is 0 Å². The molecule has 1 aliphatic carbocycles. The summed E-state index contributed by atoms with van der Waals surface area (Å²) >= 11 is 0. The lowest BCUT2D eigenvalue weighted by molar-refractivity contribution is -0.141. The first-order valence-corrected chi connectivity index (χ1v) is 6.77. The molecule has 2 fully saturated rings.